The minimum absolute atomic E-state index is 0.0542. The van der Waals surface area contributed by atoms with Crippen LogP contribution < -0.4 is 5.73 Å². The van der Waals surface area contributed by atoms with Crippen molar-refractivity contribution in [2.45, 2.75) is 83.1 Å². The van der Waals surface area contributed by atoms with Crippen LogP contribution in [-0.2, 0) is 12.8 Å². The maximum Gasteiger partial charge on any atom is 0.0131 e. The molecule has 0 radical (unpaired) electrons. The van der Waals surface area contributed by atoms with Crippen LogP contribution in [0.1, 0.15) is 81.4 Å². The van der Waals surface area contributed by atoms with Gasteiger partial charge in [0.15, 0.2) is 0 Å². The summed E-state index contributed by atoms with van der Waals surface area (Å²) in [5, 5.41) is 0. The summed E-state index contributed by atoms with van der Waals surface area (Å²) in [4.78, 5) is 0. The molecule has 126 valence electrons. The molecule has 0 heterocycles. The molecule has 0 bridgehead atoms. The van der Waals surface area contributed by atoms with Crippen LogP contribution in [0.4, 0.5) is 0 Å². The number of fused-ring (bicyclic) bond motifs is 1. The first-order valence-electron chi connectivity index (χ1n) is 9.59. The van der Waals surface area contributed by atoms with Gasteiger partial charge in [0.25, 0.3) is 0 Å². The minimum atomic E-state index is 0.0542. The molecule has 1 nitrogen and oxygen atoms in total. The highest BCUT2D eigenvalue weighted by Gasteiger charge is 2.32. The van der Waals surface area contributed by atoms with Crippen LogP contribution >= 0.6 is 0 Å². The standard InChI is InChI=1S/C22H33N/c1-3-4-5-6-7-17-8-9-19-15-20(11-10-18(19)14-17)21-12-13-22(2,23)16-21/h3-4,10-11,15,17,21H,5-9,12-14,16,23H2,1-2H3/b4-3-/t17-,21+,22-/m1/s1. The number of unbranched alkanes of at least 4 members (excludes halogenated alkanes) is 1. The Kier molecular flexibility index (Phi) is 5.26. The molecule has 1 fully saturated rings. The summed E-state index contributed by atoms with van der Waals surface area (Å²) in [6, 6.07) is 7.33. The Labute approximate surface area is 142 Å². The third-order valence-electron chi connectivity index (χ3n) is 6.03. The molecule has 0 spiro atoms. The maximum absolute atomic E-state index is 6.32. The fraction of sp³-hybridized carbons (Fsp3) is 0.636. The highest BCUT2D eigenvalue weighted by Crippen LogP contribution is 2.40. The molecule has 2 aliphatic rings. The number of allylic oxidation sites excluding steroid dienone is 2. The molecular weight excluding hydrogens is 278 g/mol. The summed E-state index contributed by atoms with van der Waals surface area (Å²) in [7, 11) is 0. The summed E-state index contributed by atoms with van der Waals surface area (Å²) < 4.78 is 0. The monoisotopic (exact) mass is 311 g/mol. The lowest BCUT2D eigenvalue weighted by Gasteiger charge is -2.26. The second-order valence-electron chi connectivity index (χ2n) is 8.23. The van der Waals surface area contributed by atoms with E-state index < -0.39 is 0 Å². The summed E-state index contributed by atoms with van der Waals surface area (Å²) in [5.41, 5.74) is 11.2. The molecule has 3 atom stereocenters. The highest BCUT2D eigenvalue weighted by molar-refractivity contribution is 5.36. The maximum atomic E-state index is 6.32. The van der Waals surface area contributed by atoms with E-state index >= 15 is 0 Å². The van der Waals surface area contributed by atoms with Gasteiger partial charge in [-0.15, -0.1) is 0 Å². The van der Waals surface area contributed by atoms with E-state index in [4.69, 9.17) is 5.73 Å². The van der Waals surface area contributed by atoms with Gasteiger partial charge in [0.05, 0.1) is 0 Å². The highest BCUT2D eigenvalue weighted by atomic mass is 14.7. The van der Waals surface area contributed by atoms with Crippen LogP contribution in [0.2, 0.25) is 0 Å². The second kappa shape index (κ2) is 7.21. The Morgan fingerprint density at radius 1 is 1.26 bits per heavy atom. The SMILES string of the molecule is C/C=C\CCC[C@@H]1CCc2cc([C@H]3CC[C@@](C)(N)C3)ccc2C1. The number of rotatable bonds is 5. The zero-order valence-electron chi connectivity index (χ0n) is 15.0. The second-order valence-corrected chi connectivity index (χ2v) is 8.23. The number of hydrogen-bond acceptors (Lipinski definition) is 1. The Bertz CT molecular complexity index is 555. The topological polar surface area (TPSA) is 26.0 Å². The van der Waals surface area contributed by atoms with Crippen molar-refractivity contribution in [1.29, 1.82) is 0 Å². The third kappa shape index (κ3) is 4.26. The molecule has 2 aliphatic carbocycles. The summed E-state index contributed by atoms with van der Waals surface area (Å²) in [6.45, 7) is 4.33. The van der Waals surface area contributed by atoms with Gasteiger partial charge in [0.2, 0.25) is 0 Å². The van der Waals surface area contributed by atoms with Crippen molar-refractivity contribution in [2.75, 3.05) is 0 Å². The number of aryl methyl sites for hydroxylation is 1. The van der Waals surface area contributed by atoms with Crippen molar-refractivity contribution in [1.82, 2.24) is 0 Å². The third-order valence-corrected chi connectivity index (χ3v) is 6.03. The Balaban J connectivity index is 1.60. The van der Waals surface area contributed by atoms with Crippen molar-refractivity contribution in [3.8, 4) is 0 Å². The molecular formula is C22H33N. The van der Waals surface area contributed by atoms with Gasteiger partial charge in [0, 0.05) is 5.54 Å². The molecule has 23 heavy (non-hydrogen) atoms. The molecule has 3 rings (SSSR count). The molecule has 0 unspecified atom stereocenters. The van der Waals surface area contributed by atoms with Gasteiger partial charge in [-0.25, -0.2) is 0 Å². The zero-order valence-corrected chi connectivity index (χ0v) is 15.0. The van der Waals surface area contributed by atoms with Gasteiger partial charge in [-0.05, 0) is 100 Å². The van der Waals surface area contributed by atoms with E-state index in [0.29, 0.717) is 5.92 Å². The molecule has 0 aliphatic heterocycles. The van der Waals surface area contributed by atoms with Gasteiger partial charge < -0.3 is 5.73 Å². The Morgan fingerprint density at radius 2 is 2.13 bits per heavy atom. The van der Waals surface area contributed by atoms with E-state index in [-0.39, 0.29) is 5.54 Å². The van der Waals surface area contributed by atoms with E-state index in [0.717, 1.165) is 12.3 Å². The summed E-state index contributed by atoms with van der Waals surface area (Å²) in [5.74, 6) is 1.59. The van der Waals surface area contributed by atoms with Crippen LogP contribution in [0.3, 0.4) is 0 Å². The van der Waals surface area contributed by atoms with Crippen LogP contribution in [0, 0.1) is 5.92 Å². The van der Waals surface area contributed by atoms with Gasteiger partial charge in [-0.2, -0.15) is 0 Å². The molecule has 1 heteroatoms. The zero-order chi connectivity index (χ0) is 16.3. The molecule has 0 aromatic heterocycles. The van der Waals surface area contributed by atoms with Gasteiger partial charge >= 0.3 is 0 Å². The molecule has 0 saturated heterocycles. The van der Waals surface area contributed by atoms with Crippen LogP contribution in [0.25, 0.3) is 0 Å². The van der Waals surface area contributed by atoms with E-state index in [1.807, 2.05) is 0 Å². The van der Waals surface area contributed by atoms with Crippen LogP contribution in [0.15, 0.2) is 30.4 Å². The smallest absolute Gasteiger partial charge is 0.0131 e. The average Bonchev–Trinajstić information content (AvgIpc) is 2.91. The lowest BCUT2D eigenvalue weighted by molar-refractivity contribution is 0.416. The predicted molar refractivity (Wildman–Crippen MR) is 99.8 cm³/mol. The van der Waals surface area contributed by atoms with E-state index in [1.165, 1.54) is 51.4 Å². The Hall–Kier alpha value is -1.08. The van der Waals surface area contributed by atoms with Crippen LogP contribution in [0.5, 0.6) is 0 Å². The predicted octanol–water partition coefficient (Wildman–Crippen LogP) is 5.52. The fourth-order valence-corrected chi connectivity index (χ4v) is 4.60. The van der Waals surface area contributed by atoms with E-state index in [1.54, 1.807) is 16.7 Å². The van der Waals surface area contributed by atoms with E-state index in [9.17, 15) is 0 Å². The first kappa shape index (κ1) is 16.8. The lowest BCUT2D eigenvalue weighted by Crippen LogP contribution is -2.32. The molecule has 2 N–H and O–H groups in total. The average molecular weight is 312 g/mol. The number of benzene rings is 1. The van der Waals surface area contributed by atoms with Crippen molar-refractivity contribution < 1.29 is 0 Å². The van der Waals surface area contributed by atoms with Crippen molar-refractivity contribution in [3.05, 3.63) is 47.0 Å². The van der Waals surface area contributed by atoms with Gasteiger partial charge in [-0.3, -0.25) is 0 Å². The molecule has 1 saturated carbocycles. The van der Waals surface area contributed by atoms with Crippen molar-refractivity contribution in [2.24, 2.45) is 11.7 Å². The molecule has 1 aromatic rings. The first-order valence-corrected chi connectivity index (χ1v) is 9.59. The number of nitrogens with two attached hydrogens (primary N) is 1. The van der Waals surface area contributed by atoms with Crippen molar-refractivity contribution >= 4 is 0 Å². The van der Waals surface area contributed by atoms with Gasteiger partial charge in [-0.1, -0.05) is 30.4 Å². The van der Waals surface area contributed by atoms with E-state index in [2.05, 4.69) is 44.2 Å². The fourth-order valence-electron chi connectivity index (χ4n) is 4.60. The number of hydrogen-bond donors (Lipinski definition) is 1. The van der Waals surface area contributed by atoms with Gasteiger partial charge in [0.1, 0.15) is 0 Å². The minimum Gasteiger partial charge on any atom is -0.325 e. The van der Waals surface area contributed by atoms with Crippen molar-refractivity contribution in [3.63, 3.8) is 0 Å². The first-order chi connectivity index (χ1) is 11.1. The largest absolute Gasteiger partial charge is 0.325 e. The quantitative estimate of drug-likeness (QED) is 0.562. The summed E-state index contributed by atoms with van der Waals surface area (Å²) in [6.07, 6.45) is 16.0. The lowest BCUT2D eigenvalue weighted by atomic mass is 9.79. The normalized spacial score (nSPS) is 30.7. The molecule has 0 amide bonds. The van der Waals surface area contributed by atoms with Crippen LogP contribution in [-0.4, -0.2) is 5.54 Å². The molecule has 1 aromatic carbocycles. The Morgan fingerprint density at radius 3 is 2.87 bits per heavy atom. The summed E-state index contributed by atoms with van der Waals surface area (Å²) >= 11 is 0.